The zero-order valence-electron chi connectivity index (χ0n) is 20.1. The number of methoxy groups -OCH3 is 1. The number of nitrogens with one attached hydrogen (secondary N) is 1. The predicted molar refractivity (Wildman–Crippen MR) is 132 cm³/mol. The second-order valence-corrected chi connectivity index (χ2v) is 8.15. The van der Waals surface area contributed by atoms with E-state index in [4.69, 9.17) is 9.47 Å². The number of benzene rings is 2. The summed E-state index contributed by atoms with van der Waals surface area (Å²) in [4.78, 5) is 19.9. The summed E-state index contributed by atoms with van der Waals surface area (Å²) in [5.41, 5.74) is 1.58. The molecule has 0 fully saturated rings. The van der Waals surface area contributed by atoms with Gasteiger partial charge < -0.3 is 24.5 Å². The maximum atomic E-state index is 14.6. The van der Waals surface area contributed by atoms with Gasteiger partial charge in [-0.1, -0.05) is 6.92 Å². The van der Waals surface area contributed by atoms with Crippen molar-refractivity contribution in [3.63, 3.8) is 0 Å². The minimum absolute atomic E-state index is 0.0557. The second kappa shape index (κ2) is 10.6. The highest BCUT2D eigenvalue weighted by atomic mass is 19.1. The number of fused-ring (bicyclic) bond motifs is 1. The molecular formula is C26H26F2N4O4. The predicted octanol–water partition coefficient (Wildman–Crippen LogP) is 5.29. The number of carboxylic acid groups (broad SMARTS) is 1. The number of hydrogen-bond donors (Lipinski definition) is 2. The third-order valence-electron chi connectivity index (χ3n) is 5.73. The molecule has 188 valence electrons. The quantitative estimate of drug-likeness (QED) is 0.308. The Kier molecular flexibility index (Phi) is 7.33. The first kappa shape index (κ1) is 24.9. The van der Waals surface area contributed by atoms with E-state index in [1.165, 1.54) is 18.5 Å². The van der Waals surface area contributed by atoms with Crippen LogP contribution in [0.15, 0.2) is 42.7 Å². The average molecular weight is 497 g/mol. The molecule has 0 aliphatic carbocycles. The van der Waals surface area contributed by atoms with Crippen LogP contribution in [-0.4, -0.2) is 45.9 Å². The number of aryl methyl sites for hydroxylation is 1. The van der Waals surface area contributed by atoms with E-state index >= 15 is 0 Å². The van der Waals surface area contributed by atoms with Gasteiger partial charge in [0.2, 0.25) is 0 Å². The van der Waals surface area contributed by atoms with Gasteiger partial charge in [0.15, 0.2) is 0 Å². The number of nitrogens with zero attached hydrogens (tertiary/aromatic N) is 3. The lowest BCUT2D eigenvalue weighted by atomic mass is 10.1. The van der Waals surface area contributed by atoms with Crippen LogP contribution in [0.25, 0.3) is 22.2 Å². The number of carbonyl (C=O) groups is 1. The summed E-state index contributed by atoms with van der Waals surface area (Å²) in [6.45, 7) is 4.89. The highest BCUT2D eigenvalue weighted by molar-refractivity contribution is 5.92. The molecule has 8 nitrogen and oxygen atoms in total. The van der Waals surface area contributed by atoms with E-state index < -0.39 is 17.3 Å². The molecule has 2 aromatic carbocycles. The van der Waals surface area contributed by atoms with Crippen molar-refractivity contribution >= 4 is 22.7 Å². The van der Waals surface area contributed by atoms with Gasteiger partial charge in [-0.2, -0.15) is 0 Å². The van der Waals surface area contributed by atoms with Crippen LogP contribution in [0.3, 0.4) is 0 Å². The van der Waals surface area contributed by atoms with E-state index in [1.807, 2.05) is 24.5 Å². The van der Waals surface area contributed by atoms with Crippen LogP contribution in [0.5, 0.6) is 11.5 Å². The Balaban J connectivity index is 1.55. The first-order valence-electron chi connectivity index (χ1n) is 11.4. The fourth-order valence-electron chi connectivity index (χ4n) is 4.08. The Hall–Kier alpha value is -4.21. The van der Waals surface area contributed by atoms with Crippen LogP contribution < -0.4 is 14.8 Å². The molecular weight excluding hydrogens is 470 g/mol. The number of rotatable bonds is 10. The topological polar surface area (TPSA) is 98.5 Å². The van der Waals surface area contributed by atoms with Gasteiger partial charge in [-0.25, -0.2) is 23.5 Å². The van der Waals surface area contributed by atoms with Crippen molar-refractivity contribution in [2.45, 2.75) is 26.8 Å². The fraction of sp³-hybridized carbons (Fsp3) is 0.269. The summed E-state index contributed by atoms with van der Waals surface area (Å²) in [6.07, 6.45) is 1.97. The number of aromatic carboxylic acids is 1. The van der Waals surface area contributed by atoms with Crippen LogP contribution in [0.1, 0.15) is 29.4 Å². The van der Waals surface area contributed by atoms with Crippen LogP contribution in [0.2, 0.25) is 0 Å². The van der Waals surface area contributed by atoms with Gasteiger partial charge in [0, 0.05) is 35.8 Å². The van der Waals surface area contributed by atoms with Crippen LogP contribution in [-0.2, 0) is 6.54 Å². The smallest absolute Gasteiger partial charge is 0.342 e. The lowest BCUT2D eigenvalue weighted by Gasteiger charge is -2.13. The molecule has 4 aromatic rings. The lowest BCUT2D eigenvalue weighted by Crippen LogP contribution is -2.13. The Morgan fingerprint density at radius 3 is 2.64 bits per heavy atom. The van der Waals surface area contributed by atoms with Crippen molar-refractivity contribution in [2.75, 3.05) is 25.6 Å². The molecule has 10 heteroatoms. The third-order valence-corrected chi connectivity index (χ3v) is 5.73. The Morgan fingerprint density at radius 1 is 1.11 bits per heavy atom. The number of anilines is 1. The number of aromatic nitrogens is 3. The van der Waals surface area contributed by atoms with Gasteiger partial charge >= 0.3 is 5.97 Å². The molecule has 0 bridgehead atoms. The van der Waals surface area contributed by atoms with Gasteiger partial charge in [-0.05, 0) is 43.7 Å². The molecule has 4 rings (SSSR count). The van der Waals surface area contributed by atoms with Crippen molar-refractivity contribution in [1.82, 2.24) is 14.5 Å². The molecule has 0 saturated carbocycles. The van der Waals surface area contributed by atoms with E-state index in [0.29, 0.717) is 53.2 Å². The van der Waals surface area contributed by atoms with Gasteiger partial charge in [-0.15, -0.1) is 0 Å². The number of halogens is 2. The zero-order chi connectivity index (χ0) is 25.8. The summed E-state index contributed by atoms with van der Waals surface area (Å²) in [5.74, 6) is -1.63. The van der Waals surface area contributed by atoms with Crippen LogP contribution in [0, 0.1) is 18.6 Å². The van der Waals surface area contributed by atoms with Crippen molar-refractivity contribution in [2.24, 2.45) is 0 Å². The minimum atomic E-state index is -1.41. The van der Waals surface area contributed by atoms with Crippen LogP contribution in [0.4, 0.5) is 14.6 Å². The average Bonchev–Trinajstić information content (AvgIpc) is 3.19. The molecule has 0 saturated heterocycles. The van der Waals surface area contributed by atoms with E-state index in [1.54, 1.807) is 19.2 Å². The summed E-state index contributed by atoms with van der Waals surface area (Å²) >= 11 is 0. The summed E-state index contributed by atoms with van der Waals surface area (Å²) in [6, 6.07) is 9.07. The van der Waals surface area contributed by atoms with Gasteiger partial charge in [-0.3, -0.25) is 0 Å². The van der Waals surface area contributed by atoms with Gasteiger partial charge in [0.1, 0.15) is 40.8 Å². The molecule has 0 aliphatic heterocycles. The minimum Gasteiger partial charge on any atom is -0.496 e. The van der Waals surface area contributed by atoms with Crippen molar-refractivity contribution in [3.05, 3.63) is 65.6 Å². The molecule has 0 aliphatic rings. The maximum Gasteiger partial charge on any atom is 0.342 e. The molecule has 36 heavy (non-hydrogen) atoms. The normalized spacial score (nSPS) is 11.0. The van der Waals surface area contributed by atoms with Crippen molar-refractivity contribution in [1.29, 1.82) is 0 Å². The standard InChI is InChI=1S/C26H26F2N4O4/c1-4-9-36-22-12-16(11-19(28)24(22)26(33)34)20-13-23(31-14-30-20)29-7-8-32-15(2)10-17-21(35-3)6-5-18(27)25(17)32/h5-6,10-14H,4,7-9H2,1-3H3,(H,33,34)(H,29,30,31). The Bertz CT molecular complexity index is 1420. The van der Waals surface area contributed by atoms with Gasteiger partial charge in [0.25, 0.3) is 0 Å². The Morgan fingerprint density at radius 2 is 1.92 bits per heavy atom. The summed E-state index contributed by atoms with van der Waals surface area (Å²) < 4.78 is 41.9. The molecule has 0 atom stereocenters. The molecule has 2 aromatic heterocycles. The second-order valence-electron chi connectivity index (χ2n) is 8.15. The van der Waals surface area contributed by atoms with Crippen molar-refractivity contribution < 1.29 is 28.2 Å². The largest absolute Gasteiger partial charge is 0.496 e. The Labute approximate surface area is 206 Å². The van der Waals surface area contributed by atoms with E-state index in [-0.39, 0.29) is 18.2 Å². The summed E-state index contributed by atoms with van der Waals surface area (Å²) in [5, 5.41) is 13.3. The van der Waals surface area contributed by atoms with E-state index in [2.05, 4.69) is 15.3 Å². The van der Waals surface area contributed by atoms with Gasteiger partial charge in [0.05, 0.1) is 24.9 Å². The zero-order valence-corrected chi connectivity index (χ0v) is 20.1. The summed E-state index contributed by atoms with van der Waals surface area (Å²) in [7, 11) is 1.55. The van der Waals surface area contributed by atoms with E-state index in [0.717, 1.165) is 11.8 Å². The molecule has 0 unspecified atom stereocenters. The van der Waals surface area contributed by atoms with E-state index in [9.17, 15) is 18.7 Å². The fourth-order valence-corrected chi connectivity index (χ4v) is 4.08. The molecule has 0 spiro atoms. The lowest BCUT2D eigenvalue weighted by molar-refractivity contribution is 0.0687. The molecule has 2 heterocycles. The third kappa shape index (κ3) is 4.93. The molecule has 0 radical (unpaired) electrons. The highest BCUT2D eigenvalue weighted by Crippen LogP contribution is 2.32. The number of ether oxygens (including phenoxy) is 2. The highest BCUT2D eigenvalue weighted by Gasteiger charge is 2.20. The first-order valence-corrected chi connectivity index (χ1v) is 11.4. The van der Waals surface area contributed by atoms with Crippen LogP contribution >= 0.6 is 0 Å². The monoisotopic (exact) mass is 496 g/mol. The molecule has 0 amide bonds. The van der Waals surface area contributed by atoms with Crippen molar-refractivity contribution in [3.8, 4) is 22.8 Å². The SMILES string of the molecule is CCCOc1cc(-c2cc(NCCn3c(C)cc4c(OC)ccc(F)c43)ncn2)cc(F)c1C(=O)O. The first-order chi connectivity index (χ1) is 17.3. The molecule has 2 N–H and O–H groups in total. The number of carboxylic acids is 1. The number of hydrogen-bond acceptors (Lipinski definition) is 6. The maximum absolute atomic E-state index is 14.6.